The van der Waals surface area contributed by atoms with Crippen LogP contribution in [0.2, 0.25) is 0 Å². The molecule has 0 aliphatic heterocycles. The van der Waals surface area contributed by atoms with E-state index in [1.807, 2.05) is 6.92 Å². The quantitative estimate of drug-likeness (QED) is 0.458. The number of alkyl halides is 1. The van der Waals surface area contributed by atoms with Crippen molar-refractivity contribution in [2.75, 3.05) is 5.33 Å². The maximum atomic E-state index is 4.91. The van der Waals surface area contributed by atoms with E-state index in [1.165, 1.54) is 6.26 Å². The molecule has 0 saturated heterocycles. The first-order chi connectivity index (χ1) is 3.31. The van der Waals surface area contributed by atoms with Gasteiger partial charge in [-0.2, -0.15) is 0 Å². The molecular weight excluding hydrogens is 156 g/mol. The Morgan fingerprint density at radius 3 is 2.71 bits per heavy atom. The zero-order valence-corrected chi connectivity index (χ0v) is 5.94. The summed E-state index contributed by atoms with van der Waals surface area (Å²) in [7, 11) is 0. The molecule has 42 valence electrons. The summed E-state index contributed by atoms with van der Waals surface area (Å²) in [6.45, 7) is 5.37. The van der Waals surface area contributed by atoms with Gasteiger partial charge in [0.2, 0.25) is 0 Å². The van der Waals surface area contributed by atoms with Crippen molar-refractivity contribution in [2.45, 2.75) is 13.0 Å². The molecule has 7 heavy (non-hydrogen) atoms. The molecular formula is C5H9BrO. The first kappa shape index (κ1) is 7.02. The van der Waals surface area contributed by atoms with Crippen molar-refractivity contribution in [1.29, 1.82) is 0 Å². The lowest BCUT2D eigenvalue weighted by Crippen LogP contribution is -2.03. The maximum absolute atomic E-state index is 4.91. The van der Waals surface area contributed by atoms with Crippen molar-refractivity contribution >= 4 is 15.9 Å². The summed E-state index contributed by atoms with van der Waals surface area (Å²) < 4.78 is 4.91. The van der Waals surface area contributed by atoms with Gasteiger partial charge in [0, 0.05) is 5.33 Å². The Bertz CT molecular complexity index is 54.0. The molecule has 0 radical (unpaired) electrons. The van der Waals surface area contributed by atoms with Gasteiger partial charge < -0.3 is 4.74 Å². The number of hydrogen-bond donors (Lipinski definition) is 0. The van der Waals surface area contributed by atoms with Crippen LogP contribution in [0.4, 0.5) is 0 Å². The molecule has 0 heterocycles. The number of ether oxygens (including phenoxy) is 1. The Labute approximate surface area is 52.5 Å². The van der Waals surface area contributed by atoms with Crippen LogP contribution in [0, 0.1) is 0 Å². The molecule has 0 amide bonds. The van der Waals surface area contributed by atoms with E-state index < -0.39 is 0 Å². The molecule has 0 aromatic rings. The second-order valence-electron chi connectivity index (χ2n) is 1.27. The predicted octanol–water partition coefficient (Wildman–Crippen LogP) is 1.93. The van der Waals surface area contributed by atoms with E-state index in [4.69, 9.17) is 4.74 Å². The molecule has 0 rings (SSSR count). The van der Waals surface area contributed by atoms with Gasteiger partial charge in [-0.05, 0) is 6.92 Å². The van der Waals surface area contributed by atoms with Crippen LogP contribution in [0.5, 0.6) is 0 Å². The van der Waals surface area contributed by atoms with Crippen LogP contribution in [0.15, 0.2) is 12.8 Å². The summed E-state index contributed by atoms with van der Waals surface area (Å²) in [5.41, 5.74) is 0. The van der Waals surface area contributed by atoms with Crippen LogP contribution in [0.25, 0.3) is 0 Å². The van der Waals surface area contributed by atoms with E-state index in [0.717, 1.165) is 5.33 Å². The van der Waals surface area contributed by atoms with Crippen LogP contribution in [0.1, 0.15) is 6.92 Å². The van der Waals surface area contributed by atoms with Gasteiger partial charge >= 0.3 is 0 Å². The van der Waals surface area contributed by atoms with E-state index in [9.17, 15) is 0 Å². The topological polar surface area (TPSA) is 9.23 Å². The second kappa shape index (κ2) is 4.19. The minimum Gasteiger partial charge on any atom is -0.498 e. The summed E-state index contributed by atoms with van der Waals surface area (Å²) in [5.74, 6) is 0. The highest BCUT2D eigenvalue weighted by Crippen LogP contribution is 1.93. The van der Waals surface area contributed by atoms with Crippen LogP contribution in [0.3, 0.4) is 0 Å². The van der Waals surface area contributed by atoms with Gasteiger partial charge in [0.25, 0.3) is 0 Å². The Morgan fingerprint density at radius 1 is 2.00 bits per heavy atom. The largest absolute Gasteiger partial charge is 0.498 e. The van der Waals surface area contributed by atoms with Gasteiger partial charge in [-0.15, -0.1) is 0 Å². The third-order valence-corrected chi connectivity index (χ3v) is 1.46. The molecule has 0 saturated carbocycles. The standard InChI is InChI=1S/C5H9BrO/c1-3-7-5(2)4-6/h3,5H,1,4H2,2H3. The highest BCUT2D eigenvalue weighted by Gasteiger charge is 1.91. The smallest absolute Gasteiger partial charge is 0.105 e. The molecule has 0 aromatic carbocycles. The minimum absolute atomic E-state index is 0.248. The molecule has 2 heteroatoms. The van der Waals surface area contributed by atoms with Crippen molar-refractivity contribution in [3.8, 4) is 0 Å². The van der Waals surface area contributed by atoms with Gasteiger partial charge in [-0.1, -0.05) is 22.5 Å². The van der Waals surface area contributed by atoms with Gasteiger partial charge in [-0.25, -0.2) is 0 Å². The lowest BCUT2D eigenvalue weighted by molar-refractivity contribution is 0.185. The highest BCUT2D eigenvalue weighted by atomic mass is 79.9. The van der Waals surface area contributed by atoms with Crippen LogP contribution in [-0.2, 0) is 4.74 Å². The fraction of sp³-hybridized carbons (Fsp3) is 0.600. The molecule has 0 N–H and O–H groups in total. The summed E-state index contributed by atoms with van der Waals surface area (Å²) in [6, 6.07) is 0. The summed E-state index contributed by atoms with van der Waals surface area (Å²) in [5, 5.41) is 0.860. The zero-order chi connectivity index (χ0) is 5.70. The average molecular weight is 165 g/mol. The second-order valence-corrected chi connectivity index (χ2v) is 1.92. The number of hydrogen-bond acceptors (Lipinski definition) is 1. The summed E-state index contributed by atoms with van der Waals surface area (Å²) >= 11 is 3.24. The SMILES string of the molecule is C=COC(C)CBr. The predicted molar refractivity (Wildman–Crippen MR) is 34.5 cm³/mol. The van der Waals surface area contributed by atoms with E-state index in [2.05, 4.69) is 22.5 Å². The van der Waals surface area contributed by atoms with Crippen LogP contribution >= 0.6 is 15.9 Å². The van der Waals surface area contributed by atoms with Crippen molar-refractivity contribution < 1.29 is 4.74 Å². The highest BCUT2D eigenvalue weighted by molar-refractivity contribution is 9.09. The minimum atomic E-state index is 0.248. The third kappa shape index (κ3) is 3.86. The summed E-state index contributed by atoms with van der Waals surface area (Å²) in [4.78, 5) is 0. The monoisotopic (exact) mass is 164 g/mol. The van der Waals surface area contributed by atoms with Crippen molar-refractivity contribution in [3.05, 3.63) is 12.8 Å². The molecule has 0 aliphatic carbocycles. The molecule has 0 fully saturated rings. The Hall–Kier alpha value is 0.0200. The van der Waals surface area contributed by atoms with Crippen LogP contribution < -0.4 is 0 Å². The average Bonchev–Trinajstić information content (AvgIpc) is 1.68. The van der Waals surface area contributed by atoms with Crippen molar-refractivity contribution in [3.63, 3.8) is 0 Å². The zero-order valence-electron chi connectivity index (χ0n) is 4.36. The van der Waals surface area contributed by atoms with Gasteiger partial charge in [0.05, 0.1) is 6.26 Å². The molecule has 1 unspecified atom stereocenters. The lowest BCUT2D eigenvalue weighted by atomic mass is 10.5. The molecule has 0 spiro atoms. The van der Waals surface area contributed by atoms with Crippen molar-refractivity contribution in [2.24, 2.45) is 0 Å². The molecule has 0 bridgehead atoms. The van der Waals surface area contributed by atoms with E-state index in [0.29, 0.717) is 0 Å². The molecule has 0 aliphatic rings. The number of halogens is 1. The van der Waals surface area contributed by atoms with E-state index >= 15 is 0 Å². The molecule has 1 atom stereocenters. The Morgan fingerprint density at radius 2 is 2.57 bits per heavy atom. The van der Waals surface area contributed by atoms with Crippen LogP contribution in [-0.4, -0.2) is 11.4 Å². The van der Waals surface area contributed by atoms with Gasteiger partial charge in [0.1, 0.15) is 6.10 Å². The van der Waals surface area contributed by atoms with Crippen molar-refractivity contribution in [1.82, 2.24) is 0 Å². The maximum Gasteiger partial charge on any atom is 0.105 e. The van der Waals surface area contributed by atoms with E-state index in [1.54, 1.807) is 0 Å². The fourth-order valence-corrected chi connectivity index (χ4v) is 0.353. The Balaban J connectivity index is 2.98. The van der Waals surface area contributed by atoms with Gasteiger partial charge in [0.15, 0.2) is 0 Å². The molecule has 1 nitrogen and oxygen atoms in total. The first-order valence-electron chi connectivity index (χ1n) is 2.13. The Kier molecular flexibility index (Phi) is 4.20. The third-order valence-electron chi connectivity index (χ3n) is 0.546. The van der Waals surface area contributed by atoms with Gasteiger partial charge in [-0.3, -0.25) is 0 Å². The van der Waals surface area contributed by atoms with E-state index in [-0.39, 0.29) is 6.10 Å². The first-order valence-corrected chi connectivity index (χ1v) is 3.25. The number of rotatable bonds is 3. The normalized spacial score (nSPS) is 12.9. The fourth-order valence-electron chi connectivity index (χ4n) is 0.201. The molecule has 0 aromatic heterocycles. The lowest BCUT2D eigenvalue weighted by Gasteiger charge is -2.03. The summed E-state index contributed by atoms with van der Waals surface area (Å²) in [6.07, 6.45) is 1.70.